The number of benzene rings is 3. The fraction of sp³-hybridized carbons (Fsp3) is 0.0526. The van der Waals surface area contributed by atoms with Crippen LogP contribution >= 0.6 is 22.9 Å². The van der Waals surface area contributed by atoms with Crippen LogP contribution in [0.2, 0.25) is 5.02 Å². The fourth-order valence-corrected chi connectivity index (χ4v) is 3.77. The Morgan fingerprint density at radius 1 is 1.08 bits per heavy atom. The Kier molecular flexibility index (Phi) is 4.26. The first-order valence-corrected chi connectivity index (χ1v) is 8.85. The lowest BCUT2D eigenvalue weighted by Gasteiger charge is -2.08. The molecular formula is C19H13ClN2O2S. The average Bonchev–Trinajstić information content (AvgIpc) is 3.04. The van der Waals surface area contributed by atoms with Gasteiger partial charge < -0.3 is 4.74 Å². The molecule has 0 fully saturated rings. The number of rotatable bonds is 4. The van der Waals surface area contributed by atoms with Crippen molar-refractivity contribution in [2.45, 2.75) is 0 Å². The Hall–Kier alpha value is -2.63. The lowest BCUT2D eigenvalue weighted by Crippen LogP contribution is -2.20. The van der Waals surface area contributed by atoms with Gasteiger partial charge in [0.05, 0.1) is 9.72 Å². The summed E-state index contributed by atoms with van der Waals surface area (Å²) in [6.07, 6.45) is 0. The predicted molar refractivity (Wildman–Crippen MR) is 103 cm³/mol. The minimum atomic E-state index is -0.261. The van der Waals surface area contributed by atoms with Gasteiger partial charge in [-0.1, -0.05) is 65.4 Å². The molecule has 0 atom stereocenters. The first kappa shape index (κ1) is 15.9. The number of carbonyl (C=O) groups excluding carboxylic acids is 1. The number of amides is 1. The highest BCUT2D eigenvalue weighted by Crippen LogP contribution is 2.30. The Morgan fingerprint density at radius 3 is 2.76 bits per heavy atom. The first-order valence-electron chi connectivity index (χ1n) is 7.66. The summed E-state index contributed by atoms with van der Waals surface area (Å²) >= 11 is 7.49. The van der Waals surface area contributed by atoms with E-state index in [1.165, 1.54) is 11.3 Å². The smallest absolute Gasteiger partial charge is 0.264 e. The van der Waals surface area contributed by atoms with Gasteiger partial charge in [-0.3, -0.25) is 10.1 Å². The maximum atomic E-state index is 12.2. The van der Waals surface area contributed by atoms with Crippen molar-refractivity contribution in [2.24, 2.45) is 0 Å². The molecule has 4 rings (SSSR count). The van der Waals surface area contributed by atoms with E-state index in [2.05, 4.69) is 10.3 Å². The van der Waals surface area contributed by atoms with E-state index in [0.717, 1.165) is 15.5 Å². The zero-order valence-electron chi connectivity index (χ0n) is 13.0. The summed E-state index contributed by atoms with van der Waals surface area (Å²) in [7, 11) is 0. The van der Waals surface area contributed by atoms with Gasteiger partial charge in [0.15, 0.2) is 11.7 Å². The monoisotopic (exact) mass is 368 g/mol. The summed E-state index contributed by atoms with van der Waals surface area (Å²) in [5.41, 5.74) is 0.694. The first-order chi connectivity index (χ1) is 12.2. The van der Waals surface area contributed by atoms with Crippen LogP contribution < -0.4 is 10.1 Å². The van der Waals surface area contributed by atoms with Crippen LogP contribution in [0.1, 0.15) is 0 Å². The predicted octanol–water partition coefficient (Wildman–Crippen LogP) is 5.12. The molecular weight excluding hydrogens is 356 g/mol. The van der Waals surface area contributed by atoms with Crippen molar-refractivity contribution in [1.29, 1.82) is 0 Å². The van der Waals surface area contributed by atoms with E-state index in [1.54, 1.807) is 6.07 Å². The van der Waals surface area contributed by atoms with Crippen molar-refractivity contribution in [3.8, 4) is 5.75 Å². The van der Waals surface area contributed by atoms with Crippen molar-refractivity contribution < 1.29 is 9.53 Å². The zero-order valence-corrected chi connectivity index (χ0v) is 14.6. The molecule has 1 aromatic heterocycles. The summed E-state index contributed by atoms with van der Waals surface area (Å²) in [4.78, 5) is 16.5. The average molecular weight is 369 g/mol. The zero-order chi connectivity index (χ0) is 17.2. The molecule has 1 heterocycles. The number of carbonyl (C=O) groups is 1. The minimum absolute atomic E-state index is 0.0856. The number of aromatic nitrogens is 1. The Balaban J connectivity index is 1.47. The maximum Gasteiger partial charge on any atom is 0.264 e. The van der Waals surface area contributed by atoms with Gasteiger partial charge in [-0.15, -0.1) is 0 Å². The molecule has 0 aliphatic carbocycles. The fourth-order valence-electron chi connectivity index (χ4n) is 2.59. The number of halogens is 1. The molecule has 124 valence electrons. The maximum absolute atomic E-state index is 12.2. The van der Waals surface area contributed by atoms with Gasteiger partial charge in [0.25, 0.3) is 5.91 Å². The lowest BCUT2D eigenvalue weighted by atomic mass is 10.1. The Bertz CT molecular complexity index is 1070. The van der Waals surface area contributed by atoms with Gasteiger partial charge in [-0.05, 0) is 23.6 Å². The molecule has 1 amide bonds. The highest BCUT2D eigenvalue weighted by atomic mass is 35.5. The van der Waals surface area contributed by atoms with Crippen LogP contribution in [0.4, 0.5) is 5.13 Å². The normalized spacial score (nSPS) is 10.9. The van der Waals surface area contributed by atoms with E-state index >= 15 is 0 Å². The van der Waals surface area contributed by atoms with Crippen molar-refractivity contribution in [3.05, 3.63) is 65.7 Å². The highest BCUT2D eigenvalue weighted by molar-refractivity contribution is 7.22. The highest BCUT2D eigenvalue weighted by Gasteiger charge is 2.11. The van der Waals surface area contributed by atoms with Crippen molar-refractivity contribution in [3.63, 3.8) is 0 Å². The largest absolute Gasteiger partial charge is 0.483 e. The summed E-state index contributed by atoms with van der Waals surface area (Å²) in [5.74, 6) is 0.420. The number of hydrogen-bond acceptors (Lipinski definition) is 4. The van der Waals surface area contributed by atoms with Crippen molar-refractivity contribution in [1.82, 2.24) is 4.98 Å². The molecule has 25 heavy (non-hydrogen) atoms. The van der Waals surface area contributed by atoms with Crippen LogP contribution in [-0.4, -0.2) is 17.5 Å². The molecule has 1 N–H and O–H groups in total. The topological polar surface area (TPSA) is 51.2 Å². The molecule has 4 nitrogen and oxygen atoms in total. The van der Waals surface area contributed by atoms with E-state index < -0.39 is 0 Å². The summed E-state index contributed by atoms with van der Waals surface area (Å²) < 4.78 is 6.62. The number of hydrogen-bond donors (Lipinski definition) is 1. The molecule has 0 saturated carbocycles. The second-order valence-electron chi connectivity index (χ2n) is 5.42. The Labute approximate surface area is 153 Å². The van der Waals surface area contributed by atoms with Gasteiger partial charge in [-0.25, -0.2) is 4.98 Å². The third-order valence-corrected chi connectivity index (χ3v) is 4.97. The van der Waals surface area contributed by atoms with Gasteiger partial charge in [-0.2, -0.15) is 0 Å². The summed E-state index contributed by atoms with van der Waals surface area (Å²) in [6.45, 7) is -0.0856. The standard InChI is InChI=1S/C19H13ClN2O2S/c20-14-8-4-10-16-18(14)22-19(25-16)21-17(23)11-24-15-9-3-6-12-5-1-2-7-13(12)15/h1-10H,11H2,(H,21,22,23). The van der Waals surface area contributed by atoms with Crippen LogP contribution in [0.15, 0.2) is 60.7 Å². The minimum Gasteiger partial charge on any atom is -0.483 e. The number of ether oxygens (including phenoxy) is 1. The molecule has 0 bridgehead atoms. The molecule has 3 aromatic carbocycles. The molecule has 0 spiro atoms. The quantitative estimate of drug-likeness (QED) is 0.544. The van der Waals surface area contributed by atoms with Crippen LogP contribution in [-0.2, 0) is 4.79 Å². The van der Waals surface area contributed by atoms with Crippen LogP contribution in [0, 0.1) is 0 Å². The third-order valence-electron chi connectivity index (χ3n) is 3.72. The van der Waals surface area contributed by atoms with Crippen LogP contribution in [0.25, 0.3) is 21.0 Å². The van der Waals surface area contributed by atoms with Crippen molar-refractivity contribution >= 4 is 55.0 Å². The third kappa shape index (κ3) is 3.29. The number of nitrogens with one attached hydrogen (secondary N) is 1. The van der Waals surface area contributed by atoms with E-state index in [9.17, 15) is 4.79 Å². The number of nitrogens with zero attached hydrogens (tertiary/aromatic N) is 1. The number of thiazole rings is 1. The Morgan fingerprint density at radius 2 is 1.88 bits per heavy atom. The second kappa shape index (κ2) is 6.70. The molecule has 0 aliphatic rings. The number of fused-ring (bicyclic) bond motifs is 2. The van der Waals surface area contributed by atoms with Crippen LogP contribution in [0.3, 0.4) is 0 Å². The molecule has 0 unspecified atom stereocenters. The number of para-hydroxylation sites is 1. The van der Waals surface area contributed by atoms with Crippen molar-refractivity contribution in [2.75, 3.05) is 11.9 Å². The van der Waals surface area contributed by atoms with E-state index in [0.29, 0.717) is 21.4 Å². The van der Waals surface area contributed by atoms with Crippen LogP contribution in [0.5, 0.6) is 5.75 Å². The lowest BCUT2D eigenvalue weighted by molar-refractivity contribution is -0.118. The molecule has 4 aromatic rings. The molecule has 6 heteroatoms. The second-order valence-corrected chi connectivity index (χ2v) is 6.86. The number of anilines is 1. The van der Waals surface area contributed by atoms with E-state index in [-0.39, 0.29) is 12.5 Å². The molecule has 0 saturated heterocycles. The SMILES string of the molecule is O=C(COc1cccc2ccccc12)Nc1nc2c(Cl)cccc2s1. The van der Waals surface area contributed by atoms with Gasteiger partial charge in [0.1, 0.15) is 11.3 Å². The van der Waals surface area contributed by atoms with E-state index in [1.807, 2.05) is 54.6 Å². The summed E-state index contributed by atoms with van der Waals surface area (Å²) in [6, 6.07) is 19.2. The van der Waals surface area contributed by atoms with Gasteiger partial charge in [0, 0.05) is 5.39 Å². The van der Waals surface area contributed by atoms with Gasteiger partial charge in [0.2, 0.25) is 0 Å². The summed E-state index contributed by atoms with van der Waals surface area (Å²) in [5, 5.41) is 5.89. The molecule has 0 aliphatic heterocycles. The molecule has 0 radical (unpaired) electrons. The van der Waals surface area contributed by atoms with Gasteiger partial charge >= 0.3 is 0 Å². The van der Waals surface area contributed by atoms with E-state index in [4.69, 9.17) is 16.3 Å².